The summed E-state index contributed by atoms with van der Waals surface area (Å²) >= 11 is 2.29. The molecule has 2 atom stereocenters. The molecule has 0 saturated carbocycles. The predicted molar refractivity (Wildman–Crippen MR) is 91.5 cm³/mol. The number of carboxylic acids is 1. The third kappa shape index (κ3) is 2.97. The fraction of sp³-hybridized carbons (Fsp3) is 0.286. The van der Waals surface area contributed by atoms with E-state index in [2.05, 4.69) is 15.6 Å². The van der Waals surface area contributed by atoms with Gasteiger partial charge < -0.3 is 15.7 Å². The Morgan fingerprint density at radius 1 is 1.42 bits per heavy atom. The van der Waals surface area contributed by atoms with Gasteiger partial charge in [0.05, 0.1) is 0 Å². The number of thioether (sulfide) groups is 1. The van der Waals surface area contributed by atoms with Crippen LogP contribution in [0.5, 0.6) is 0 Å². The molecule has 0 aromatic carbocycles. The number of carbonyl (C=O) groups is 5. The summed E-state index contributed by atoms with van der Waals surface area (Å²) in [5.41, 5.74) is 0.323. The number of carbonyl (C=O) groups excluding carboxylic acids is 4. The van der Waals surface area contributed by atoms with Crippen LogP contribution in [0.1, 0.15) is 17.4 Å². The second-order valence-electron chi connectivity index (χ2n) is 5.42. The minimum absolute atomic E-state index is 0.0837. The van der Waals surface area contributed by atoms with Crippen LogP contribution in [-0.2, 0) is 19.2 Å². The second-order valence-corrected chi connectivity index (χ2v) is 7.39. The molecule has 3 heterocycles. The van der Waals surface area contributed by atoms with E-state index in [1.54, 1.807) is 6.92 Å². The lowest BCUT2D eigenvalue weighted by Gasteiger charge is -2.49. The van der Waals surface area contributed by atoms with Gasteiger partial charge in [-0.25, -0.2) is 9.78 Å². The van der Waals surface area contributed by atoms with Gasteiger partial charge >= 0.3 is 5.97 Å². The van der Waals surface area contributed by atoms with Crippen molar-refractivity contribution in [3.05, 3.63) is 22.3 Å². The third-order valence-electron chi connectivity index (χ3n) is 3.77. The van der Waals surface area contributed by atoms with Crippen LogP contribution in [0.2, 0.25) is 0 Å². The number of aromatic nitrogens is 1. The number of β-lactam (4-membered cyclic amide) rings is 1. The highest BCUT2D eigenvalue weighted by atomic mass is 32.2. The van der Waals surface area contributed by atoms with Gasteiger partial charge in [-0.3, -0.25) is 24.1 Å². The number of nitrogens with one attached hydrogen (secondary N) is 2. The van der Waals surface area contributed by atoms with Crippen molar-refractivity contribution in [1.82, 2.24) is 15.2 Å². The summed E-state index contributed by atoms with van der Waals surface area (Å²) in [6, 6.07) is -0.981. The fourth-order valence-corrected chi connectivity index (χ4v) is 4.54. The minimum Gasteiger partial charge on any atom is -0.477 e. The topological polar surface area (TPSA) is 146 Å². The Balaban J connectivity index is 1.69. The van der Waals surface area contributed by atoms with Crippen LogP contribution in [0, 0.1) is 0 Å². The molecule has 2 aliphatic heterocycles. The van der Waals surface area contributed by atoms with Crippen LogP contribution in [0.3, 0.4) is 0 Å². The highest BCUT2D eigenvalue weighted by Gasteiger charge is 2.54. The molecule has 26 heavy (non-hydrogen) atoms. The maximum absolute atomic E-state index is 12.3. The quantitative estimate of drug-likeness (QED) is 0.256. The zero-order valence-electron chi connectivity index (χ0n) is 13.2. The Hall–Kier alpha value is -2.73. The molecule has 0 bridgehead atoms. The molecule has 3 amide bonds. The Morgan fingerprint density at radius 3 is 2.81 bits per heavy atom. The third-order valence-corrected chi connectivity index (χ3v) is 5.97. The zero-order chi connectivity index (χ0) is 19.0. The maximum atomic E-state index is 12.3. The summed E-state index contributed by atoms with van der Waals surface area (Å²) in [7, 11) is 0. The predicted octanol–water partition coefficient (Wildman–Crippen LogP) is -0.347. The van der Waals surface area contributed by atoms with Gasteiger partial charge in [0.25, 0.3) is 17.6 Å². The standard InChI is InChI=1S/C14H12N4O6S2/c1-5-2-25-12-7(11(22)18(12)8(5)13(23)24)17-10(21)9(20)6-3-26-14(16-6)15-4-19/h3-4,7,12H,2H2,1H3,(H,17,21)(H,23,24)(H,15,16,19)/t7?,12-/m0/s1. The van der Waals surface area contributed by atoms with E-state index in [0.29, 0.717) is 17.7 Å². The van der Waals surface area contributed by atoms with Gasteiger partial charge in [-0.05, 0) is 12.5 Å². The first-order valence-corrected chi connectivity index (χ1v) is 9.16. The lowest BCUT2D eigenvalue weighted by molar-refractivity contribution is -0.150. The van der Waals surface area contributed by atoms with Crippen LogP contribution in [0.15, 0.2) is 16.7 Å². The van der Waals surface area contributed by atoms with Crippen molar-refractivity contribution < 1.29 is 29.1 Å². The van der Waals surface area contributed by atoms with Gasteiger partial charge in [0.1, 0.15) is 22.8 Å². The zero-order valence-corrected chi connectivity index (χ0v) is 14.8. The fourth-order valence-electron chi connectivity index (χ4n) is 2.59. The van der Waals surface area contributed by atoms with Crippen molar-refractivity contribution in [3.63, 3.8) is 0 Å². The molecule has 10 nitrogen and oxygen atoms in total. The van der Waals surface area contributed by atoms with E-state index in [9.17, 15) is 29.1 Å². The number of anilines is 1. The van der Waals surface area contributed by atoms with Gasteiger partial charge in [0, 0.05) is 11.1 Å². The molecule has 1 saturated heterocycles. The molecule has 2 aliphatic rings. The van der Waals surface area contributed by atoms with E-state index in [4.69, 9.17) is 0 Å². The molecule has 3 N–H and O–H groups in total. The highest BCUT2D eigenvalue weighted by molar-refractivity contribution is 8.00. The number of amides is 3. The Kier molecular flexibility index (Phi) is 4.78. The van der Waals surface area contributed by atoms with E-state index in [1.807, 2.05) is 0 Å². The SMILES string of the molecule is CC1=C(C(=O)O)N2C(=O)C(NC(=O)C(=O)c3csc(NC=O)n3)[C@@H]2SC1. The monoisotopic (exact) mass is 396 g/mol. The highest BCUT2D eigenvalue weighted by Crippen LogP contribution is 2.40. The number of nitrogens with zero attached hydrogens (tertiary/aromatic N) is 2. The summed E-state index contributed by atoms with van der Waals surface area (Å²) < 4.78 is 0. The van der Waals surface area contributed by atoms with Gasteiger partial charge in [-0.2, -0.15) is 0 Å². The van der Waals surface area contributed by atoms with E-state index in [1.165, 1.54) is 17.1 Å². The number of ketones is 1. The molecule has 1 fully saturated rings. The number of thiazole rings is 1. The number of hydrogen-bond acceptors (Lipinski definition) is 8. The molecule has 136 valence electrons. The molecule has 12 heteroatoms. The molecule has 1 aromatic rings. The lowest BCUT2D eigenvalue weighted by atomic mass is 10.0. The summed E-state index contributed by atoms with van der Waals surface area (Å²) in [4.78, 5) is 63.1. The first-order valence-electron chi connectivity index (χ1n) is 7.23. The molecule has 1 aromatic heterocycles. The first-order chi connectivity index (χ1) is 12.3. The van der Waals surface area contributed by atoms with Crippen LogP contribution < -0.4 is 10.6 Å². The van der Waals surface area contributed by atoms with Crippen LogP contribution in [-0.4, -0.2) is 62.1 Å². The minimum atomic E-state index is -1.21. The van der Waals surface area contributed by atoms with E-state index in [0.717, 1.165) is 16.2 Å². The summed E-state index contributed by atoms with van der Waals surface area (Å²) in [5.74, 6) is -3.35. The summed E-state index contributed by atoms with van der Waals surface area (Å²) in [6.45, 7) is 1.63. The number of Topliss-reactive ketones (excluding diaryl/α,β-unsaturated/α-hetero) is 1. The molecule has 0 aliphatic carbocycles. The van der Waals surface area contributed by atoms with Crippen molar-refractivity contribution in [3.8, 4) is 0 Å². The smallest absolute Gasteiger partial charge is 0.352 e. The average molecular weight is 396 g/mol. The summed E-state index contributed by atoms with van der Waals surface area (Å²) in [5, 5.41) is 14.8. The van der Waals surface area contributed by atoms with Gasteiger partial charge in [-0.15, -0.1) is 23.1 Å². The maximum Gasteiger partial charge on any atom is 0.352 e. The van der Waals surface area contributed by atoms with Crippen LogP contribution in [0.4, 0.5) is 5.13 Å². The van der Waals surface area contributed by atoms with Crippen molar-refractivity contribution in [2.45, 2.75) is 18.3 Å². The van der Waals surface area contributed by atoms with E-state index >= 15 is 0 Å². The number of carboxylic acid groups (broad SMARTS) is 1. The molecule has 0 radical (unpaired) electrons. The number of rotatable bonds is 6. The Labute approximate surface area is 154 Å². The number of aliphatic carboxylic acids is 1. The normalized spacial score (nSPS) is 21.6. The molecule has 1 unspecified atom stereocenters. The molecule has 0 spiro atoms. The lowest BCUT2D eigenvalue weighted by Crippen LogP contribution is -2.71. The average Bonchev–Trinajstić information content (AvgIpc) is 3.07. The van der Waals surface area contributed by atoms with Gasteiger partial charge in [0.15, 0.2) is 5.13 Å². The van der Waals surface area contributed by atoms with Gasteiger partial charge in [0.2, 0.25) is 6.41 Å². The van der Waals surface area contributed by atoms with E-state index < -0.39 is 35.0 Å². The van der Waals surface area contributed by atoms with Crippen LogP contribution >= 0.6 is 23.1 Å². The largest absolute Gasteiger partial charge is 0.477 e. The van der Waals surface area contributed by atoms with Crippen molar-refractivity contribution >= 4 is 58.2 Å². The van der Waals surface area contributed by atoms with Crippen molar-refractivity contribution in [2.75, 3.05) is 11.1 Å². The Bertz CT molecular complexity index is 863. The molecular formula is C14H12N4O6S2. The Morgan fingerprint density at radius 2 is 2.15 bits per heavy atom. The number of hydrogen-bond donors (Lipinski definition) is 3. The second kappa shape index (κ2) is 6.88. The van der Waals surface area contributed by atoms with Crippen molar-refractivity contribution in [1.29, 1.82) is 0 Å². The van der Waals surface area contributed by atoms with Crippen molar-refractivity contribution in [2.24, 2.45) is 0 Å². The van der Waals surface area contributed by atoms with E-state index in [-0.39, 0.29) is 16.5 Å². The molecule has 3 rings (SSSR count). The molecular weight excluding hydrogens is 384 g/mol. The summed E-state index contributed by atoms with van der Waals surface area (Å²) in [6.07, 6.45) is 0.393. The first kappa shape index (κ1) is 18.1. The number of fused-ring (bicyclic) bond motifs is 1. The van der Waals surface area contributed by atoms with Gasteiger partial charge in [-0.1, -0.05) is 0 Å². The van der Waals surface area contributed by atoms with Crippen LogP contribution in [0.25, 0.3) is 0 Å².